The van der Waals surface area contributed by atoms with Crippen LogP contribution >= 0.6 is 57.1 Å². The van der Waals surface area contributed by atoms with Gasteiger partial charge in [-0.2, -0.15) is 25.3 Å². The van der Waals surface area contributed by atoms with Crippen LogP contribution in [0.4, 0.5) is 0 Å². The molecule has 0 radical (unpaired) electrons. The van der Waals surface area contributed by atoms with Crippen LogP contribution in [0, 0.1) is 0 Å². The Labute approximate surface area is 140 Å². The first-order valence-corrected chi connectivity index (χ1v) is 8.37. The SMILES string of the molecule is SC(S)/C=C1\c2ccccc2-c2ccc(Br)c(Br)c21. The van der Waals surface area contributed by atoms with Crippen molar-refractivity contribution < 1.29 is 0 Å². The lowest BCUT2D eigenvalue weighted by molar-refractivity contribution is 1.54. The second kappa shape index (κ2) is 5.32. The molecular formula is C15H10Br2S2. The Hall–Kier alpha value is -0.160. The van der Waals surface area contributed by atoms with Gasteiger partial charge in [0.2, 0.25) is 0 Å². The molecule has 1 aliphatic carbocycles. The average Bonchev–Trinajstić information content (AvgIpc) is 2.69. The standard InChI is InChI=1S/C15H10Br2S2/c16-12-6-5-10-8-3-1-2-4-9(8)11(7-13(18)19)14(10)15(12)17/h1-7,13,18-19H/b11-7+. The zero-order chi connectivity index (χ0) is 13.6. The lowest BCUT2D eigenvalue weighted by Crippen LogP contribution is -1.88. The summed E-state index contributed by atoms with van der Waals surface area (Å²) >= 11 is 16.0. The molecule has 0 saturated heterocycles. The Balaban J connectivity index is 2.37. The minimum Gasteiger partial charge on any atom is -0.161 e. The molecule has 4 heteroatoms. The minimum atomic E-state index is -0.0834. The molecule has 0 spiro atoms. The largest absolute Gasteiger partial charge is 0.161 e. The molecule has 0 aromatic heterocycles. The van der Waals surface area contributed by atoms with Gasteiger partial charge < -0.3 is 0 Å². The summed E-state index contributed by atoms with van der Waals surface area (Å²) < 4.78 is 2.05. The Kier molecular flexibility index (Phi) is 3.87. The quantitative estimate of drug-likeness (QED) is 0.365. The fourth-order valence-corrected chi connectivity index (χ4v) is 3.64. The van der Waals surface area contributed by atoms with Gasteiger partial charge in [-0.1, -0.05) is 36.4 Å². The highest BCUT2D eigenvalue weighted by molar-refractivity contribution is 9.13. The fourth-order valence-electron chi connectivity index (χ4n) is 2.45. The molecule has 0 amide bonds. The number of hydrogen-bond donors (Lipinski definition) is 2. The Morgan fingerprint density at radius 2 is 1.58 bits per heavy atom. The van der Waals surface area contributed by atoms with Crippen molar-refractivity contribution in [2.75, 3.05) is 0 Å². The van der Waals surface area contributed by atoms with Crippen LogP contribution in [0.15, 0.2) is 51.4 Å². The van der Waals surface area contributed by atoms with Crippen LogP contribution in [0.1, 0.15) is 11.1 Å². The van der Waals surface area contributed by atoms with Crippen LogP contribution < -0.4 is 0 Å². The molecule has 1 aliphatic rings. The number of hydrogen-bond acceptors (Lipinski definition) is 2. The zero-order valence-corrected chi connectivity index (χ0v) is 14.7. The minimum absolute atomic E-state index is 0.0834. The molecule has 0 aliphatic heterocycles. The molecule has 0 bridgehead atoms. The second-order valence-corrected chi connectivity index (χ2v) is 7.49. The van der Waals surface area contributed by atoms with Gasteiger partial charge >= 0.3 is 0 Å². The van der Waals surface area contributed by atoms with Gasteiger partial charge in [-0.15, -0.1) is 0 Å². The van der Waals surface area contributed by atoms with Gasteiger partial charge in [-0.25, -0.2) is 0 Å². The molecule has 0 heterocycles. The highest BCUT2D eigenvalue weighted by atomic mass is 79.9. The van der Waals surface area contributed by atoms with E-state index in [0.717, 1.165) is 8.95 Å². The fraction of sp³-hybridized carbons (Fsp3) is 0.0667. The van der Waals surface area contributed by atoms with Crippen LogP contribution in [0.3, 0.4) is 0 Å². The molecule has 19 heavy (non-hydrogen) atoms. The first-order chi connectivity index (χ1) is 9.09. The third-order valence-electron chi connectivity index (χ3n) is 3.19. The van der Waals surface area contributed by atoms with Crippen molar-refractivity contribution in [3.8, 4) is 11.1 Å². The molecule has 0 unspecified atom stereocenters. The Bertz CT molecular complexity index is 691. The molecular weight excluding hydrogens is 404 g/mol. The maximum atomic E-state index is 4.38. The second-order valence-electron chi connectivity index (χ2n) is 4.32. The summed E-state index contributed by atoms with van der Waals surface area (Å²) in [6, 6.07) is 12.7. The van der Waals surface area contributed by atoms with E-state index in [0.29, 0.717) is 0 Å². The topological polar surface area (TPSA) is 0 Å². The molecule has 0 N–H and O–H groups in total. The summed E-state index contributed by atoms with van der Waals surface area (Å²) in [7, 11) is 0. The van der Waals surface area contributed by atoms with E-state index in [-0.39, 0.29) is 4.58 Å². The van der Waals surface area contributed by atoms with Gasteiger partial charge in [-0.05, 0) is 60.2 Å². The molecule has 0 nitrogen and oxygen atoms in total. The highest BCUT2D eigenvalue weighted by Crippen LogP contribution is 2.49. The van der Waals surface area contributed by atoms with Gasteiger partial charge in [0, 0.05) is 14.5 Å². The van der Waals surface area contributed by atoms with Crippen molar-refractivity contribution in [1.82, 2.24) is 0 Å². The summed E-state index contributed by atoms with van der Waals surface area (Å²) in [6.07, 6.45) is 2.08. The first-order valence-electron chi connectivity index (χ1n) is 5.75. The molecule has 0 atom stereocenters. The van der Waals surface area contributed by atoms with E-state index < -0.39 is 0 Å². The summed E-state index contributed by atoms with van der Waals surface area (Å²) in [4.78, 5) is 0. The zero-order valence-electron chi connectivity index (χ0n) is 9.77. The van der Waals surface area contributed by atoms with E-state index in [4.69, 9.17) is 0 Å². The van der Waals surface area contributed by atoms with Crippen molar-refractivity contribution in [3.63, 3.8) is 0 Å². The van der Waals surface area contributed by atoms with Gasteiger partial charge in [0.1, 0.15) is 0 Å². The summed E-state index contributed by atoms with van der Waals surface area (Å²) in [5, 5.41) is 0. The van der Waals surface area contributed by atoms with Crippen molar-refractivity contribution in [2.24, 2.45) is 0 Å². The van der Waals surface area contributed by atoms with Crippen molar-refractivity contribution >= 4 is 62.7 Å². The van der Waals surface area contributed by atoms with E-state index in [9.17, 15) is 0 Å². The average molecular weight is 414 g/mol. The van der Waals surface area contributed by atoms with Gasteiger partial charge in [0.15, 0.2) is 0 Å². The smallest absolute Gasteiger partial charge is 0.0632 e. The molecule has 2 aromatic carbocycles. The lowest BCUT2D eigenvalue weighted by Gasteiger charge is -2.08. The number of rotatable bonds is 1. The van der Waals surface area contributed by atoms with E-state index in [1.54, 1.807) is 0 Å². The first kappa shape index (κ1) is 13.8. The molecule has 3 rings (SSSR count). The summed E-state index contributed by atoms with van der Waals surface area (Å²) in [6.45, 7) is 0. The van der Waals surface area contributed by atoms with Crippen molar-refractivity contribution in [2.45, 2.75) is 4.58 Å². The lowest BCUT2D eigenvalue weighted by atomic mass is 10.0. The molecule has 96 valence electrons. The van der Waals surface area contributed by atoms with Crippen molar-refractivity contribution in [3.05, 3.63) is 62.5 Å². The number of fused-ring (bicyclic) bond motifs is 3. The molecule has 2 aromatic rings. The maximum Gasteiger partial charge on any atom is 0.0632 e. The maximum absolute atomic E-state index is 4.38. The number of halogens is 2. The van der Waals surface area contributed by atoms with Crippen LogP contribution in [0.25, 0.3) is 16.7 Å². The van der Waals surface area contributed by atoms with E-state index in [1.807, 2.05) is 0 Å². The summed E-state index contributed by atoms with van der Waals surface area (Å²) in [5.74, 6) is 0. The monoisotopic (exact) mass is 412 g/mol. The van der Waals surface area contributed by atoms with Crippen LogP contribution in [0.5, 0.6) is 0 Å². The van der Waals surface area contributed by atoms with E-state index >= 15 is 0 Å². The predicted molar refractivity (Wildman–Crippen MR) is 96.1 cm³/mol. The van der Waals surface area contributed by atoms with Gasteiger partial charge in [0.05, 0.1) is 4.58 Å². The van der Waals surface area contributed by atoms with Gasteiger partial charge in [0.25, 0.3) is 0 Å². The predicted octanol–water partition coefficient (Wildman–Crippen LogP) is 5.81. The van der Waals surface area contributed by atoms with E-state index in [1.165, 1.54) is 27.8 Å². The van der Waals surface area contributed by atoms with E-state index in [2.05, 4.69) is 99.6 Å². The normalized spacial score (nSPS) is 14.9. The van der Waals surface area contributed by atoms with Crippen LogP contribution in [-0.2, 0) is 0 Å². The third kappa shape index (κ3) is 2.33. The van der Waals surface area contributed by atoms with Crippen LogP contribution in [-0.4, -0.2) is 4.58 Å². The Morgan fingerprint density at radius 1 is 0.895 bits per heavy atom. The molecule has 0 saturated carbocycles. The third-order valence-corrected chi connectivity index (χ3v) is 5.50. The highest BCUT2D eigenvalue weighted by Gasteiger charge is 2.26. The number of benzene rings is 2. The summed E-state index contributed by atoms with van der Waals surface area (Å²) in [5.41, 5.74) is 6.15. The Morgan fingerprint density at radius 3 is 2.26 bits per heavy atom. The van der Waals surface area contributed by atoms with Gasteiger partial charge in [-0.3, -0.25) is 0 Å². The van der Waals surface area contributed by atoms with Crippen LogP contribution in [0.2, 0.25) is 0 Å². The molecule has 0 fully saturated rings. The van der Waals surface area contributed by atoms with Crippen molar-refractivity contribution in [1.29, 1.82) is 0 Å². The number of thiol groups is 2.